The minimum atomic E-state index is -0.364. The van der Waals surface area contributed by atoms with Crippen molar-refractivity contribution in [3.63, 3.8) is 0 Å². The lowest BCUT2D eigenvalue weighted by Gasteiger charge is -2.35. The fraction of sp³-hybridized carbons (Fsp3) is 0.385. The molecule has 0 aromatic heterocycles. The molecule has 1 saturated heterocycles. The van der Waals surface area contributed by atoms with Gasteiger partial charge in [0.05, 0.1) is 23.3 Å². The summed E-state index contributed by atoms with van der Waals surface area (Å²) < 4.78 is 5.69. The molecular formula is C26H29N3O5. The van der Waals surface area contributed by atoms with Crippen molar-refractivity contribution in [3.8, 4) is 0 Å². The van der Waals surface area contributed by atoms with Gasteiger partial charge in [0.1, 0.15) is 0 Å². The first kappa shape index (κ1) is 23.6. The molecular weight excluding hydrogens is 434 g/mol. The van der Waals surface area contributed by atoms with Gasteiger partial charge >= 0.3 is 0 Å². The van der Waals surface area contributed by atoms with Crippen LogP contribution in [-0.4, -0.2) is 65.3 Å². The van der Waals surface area contributed by atoms with Gasteiger partial charge < -0.3 is 15.0 Å². The fourth-order valence-electron chi connectivity index (χ4n) is 4.40. The van der Waals surface area contributed by atoms with Crippen molar-refractivity contribution >= 4 is 23.6 Å². The lowest BCUT2D eigenvalue weighted by Crippen LogP contribution is -2.48. The topological polar surface area (TPSA) is 96.0 Å². The Morgan fingerprint density at radius 3 is 2.29 bits per heavy atom. The van der Waals surface area contributed by atoms with E-state index in [2.05, 4.69) is 5.32 Å². The smallest absolute Gasteiger partial charge is 0.261 e. The summed E-state index contributed by atoms with van der Waals surface area (Å²) in [6, 6.07) is 12.3. The fourth-order valence-corrected chi connectivity index (χ4v) is 4.40. The maximum Gasteiger partial charge on any atom is 0.261 e. The number of ether oxygens (including phenoxy) is 1. The van der Waals surface area contributed by atoms with E-state index in [4.69, 9.17) is 4.74 Å². The van der Waals surface area contributed by atoms with Crippen LogP contribution in [0.5, 0.6) is 0 Å². The molecule has 4 rings (SSSR count). The highest BCUT2D eigenvalue weighted by molar-refractivity contribution is 6.21. The number of fused-ring (bicyclic) bond motifs is 1. The Morgan fingerprint density at radius 2 is 1.62 bits per heavy atom. The Balaban J connectivity index is 1.26. The predicted molar refractivity (Wildman–Crippen MR) is 125 cm³/mol. The molecule has 2 atom stereocenters. The summed E-state index contributed by atoms with van der Waals surface area (Å²) in [5, 5.41) is 2.81. The second-order valence-electron chi connectivity index (χ2n) is 9.00. The molecule has 2 aromatic carbocycles. The monoisotopic (exact) mass is 463 g/mol. The largest absolute Gasteiger partial charge is 0.372 e. The quantitative estimate of drug-likeness (QED) is 0.665. The first-order chi connectivity index (χ1) is 16.2. The van der Waals surface area contributed by atoms with Crippen molar-refractivity contribution < 1.29 is 23.9 Å². The second-order valence-corrected chi connectivity index (χ2v) is 9.00. The molecule has 0 bridgehead atoms. The minimum Gasteiger partial charge on any atom is -0.372 e. The highest BCUT2D eigenvalue weighted by atomic mass is 16.5. The molecule has 178 valence electrons. The van der Waals surface area contributed by atoms with Gasteiger partial charge in [-0.05, 0) is 50.6 Å². The summed E-state index contributed by atoms with van der Waals surface area (Å²) in [6.07, 6.45) is 0.0345. The molecule has 1 fully saturated rings. The maximum atomic E-state index is 12.8. The van der Waals surface area contributed by atoms with Gasteiger partial charge in [-0.3, -0.25) is 24.1 Å². The van der Waals surface area contributed by atoms with Crippen LogP contribution >= 0.6 is 0 Å². The van der Waals surface area contributed by atoms with Crippen LogP contribution in [0.25, 0.3) is 0 Å². The molecule has 4 amide bonds. The number of aryl methyl sites for hydroxylation is 1. The third kappa shape index (κ3) is 5.02. The lowest BCUT2D eigenvalue weighted by molar-refractivity contribution is -0.121. The summed E-state index contributed by atoms with van der Waals surface area (Å²) >= 11 is 0. The number of hydrogen-bond donors (Lipinski definition) is 1. The van der Waals surface area contributed by atoms with E-state index in [-0.39, 0.29) is 48.8 Å². The molecule has 2 aromatic rings. The van der Waals surface area contributed by atoms with Crippen molar-refractivity contribution in [3.05, 3.63) is 70.3 Å². The van der Waals surface area contributed by atoms with Crippen LogP contribution in [0.2, 0.25) is 0 Å². The van der Waals surface area contributed by atoms with Crippen LogP contribution in [-0.2, 0) is 16.1 Å². The highest BCUT2D eigenvalue weighted by Crippen LogP contribution is 2.24. The zero-order valence-corrected chi connectivity index (χ0v) is 19.7. The first-order valence-electron chi connectivity index (χ1n) is 11.5. The number of nitrogens with one attached hydrogen (secondary N) is 1. The predicted octanol–water partition coefficient (Wildman–Crippen LogP) is 2.55. The molecule has 2 heterocycles. The van der Waals surface area contributed by atoms with Crippen LogP contribution in [0.4, 0.5) is 0 Å². The van der Waals surface area contributed by atoms with Crippen LogP contribution < -0.4 is 5.32 Å². The van der Waals surface area contributed by atoms with Crippen LogP contribution in [0.15, 0.2) is 42.5 Å². The summed E-state index contributed by atoms with van der Waals surface area (Å²) in [5.74, 6) is -1.02. The van der Waals surface area contributed by atoms with Crippen LogP contribution in [0, 0.1) is 6.92 Å². The molecule has 2 aliphatic heterocycles. The minimum absolute atomic E-state index is 0.00613. The summed E-state index contributed by atoms with van der Waals surface area (Å²) in [6.45, 7) is 7.22. The molecule has 2 unspecified atom stereocenters. The zero-order valence-electron chi connectivity index (χ0n) is 19.7. The Bertz CT molecular complexity index is 1120. The molecule has 34 heavy (non-hydrogen) atoms. The number of rotatable bonds is 6. The van der Waals surface area contributed by atoms with E-state index >= 15 is 0 Å². The van der Waals surface area contributed by atoms with Gasteiger partial charge in [-0.15, -0.1) is 0 Å². The summed E-state index contributed by atoms with van der Waals surface area (Å²) in [7, 11) is 0. The summed E-state index contributed by atoms with van der Waals surface area (Å²) in [4.78, 5) is 53.0. The Morgan fingerprint density at radius 1 is 0.971 bits per heavy atom. The first-order valence-corrected chi connectivity index (χ1v) is 11.5. The molecule has 1 N–H and O–H groups in total. The molecule has 8 heteroatoms. The van der Waals surface area contributed by atoms with E-state index in [0.717, 1.165) is 16.0 Å². The van der Waals surface area contributed by atoms with E-state index in [1.807, 2.05) is 32.9 Å². The maximum absolute atomic E-state index is 12.8. The number of nitrogens with zero attached hydrogens (tertiary/aromatic N) is 2. The zero-order chi connectivity index (χ0) is 24.4. The van der Waals surface area contributed by atoms with Crippen molar-refractivity contribution in [1.82, 2.24) is 15.1 Å². The molecule has 0 aliphatic carbocycles. The molecule has 0 spiro atoms. The van der Waals surface area contributed by atoms with Gasteiger partial charge in [0.15, 0.2) is 0 Å². The van der Waals surface area contributed by atoms with E-state index < -0.39 is 0 Å². The van der Waals surface area contributed by atoms with E-state index in [1.54, 1.807) is 35.2 Å². The second kappa shape index (κ2) is 9.77. The van der Waals surface area contributed by atoms with E-state index in [0.29, 0.717) is 36.3 Å². The SMILES string of the molecule is Cc1ccc2c(c1)C(=O)N(CCC(=O)NCc1ccc(C(=O)N3CC(C)OC(C)C3)cc1)C2=O. The van der Waals surface area contributed by atoms with Gasteiger partial charge in [-0.25, -0.2) is 0 Å². The lowest BCUT2D eigenvalue weighted by atomic mass is 10.1. The molecule has 0 saturated carbocycles. The Labute approximate surface area is 198 Å². The number of carbonyl (C=O) groups is 4. The average Bonchev–Trinajstić information content (AvgIpc) is 3.04. The standard InChI is InChI=1S/C26H29N3O5/c1-16-4-9-21-22(12-16)26(33)29(25(21)32)11-10-23(30)27-13-19-5-7-20(8-6-19)24(31)28-14-17(2)34-18(3)15-28/h4-9,12,17-18H,10-11,13-15H2,1-3H3,(H,27,30). The van der Waals surface area contributed by atoms with E-state index in [9.17, 15) is 19.2 Å². The average molecular weight is 464 g/mol. The molecule has 8 nitrogen and oxygen atoms in total. The van der Waals surface area contributed by atoms with Crippen molar-refractivity contribution in [2.24, 2.45) is 0 Å². The third-order valence-corrected chi connectivity index (χ3v) is 6.09. The third-order valence-electron chi connectivity index (χ3n) is 6.09. The van der Waals surface area contributed by atoms with Crippen LogP contribution in [0.1, 0.15) is 62.5 Å². The normalized spacial score (nSPS) is 19.9. The molecule has 0 radical (unpaired) electrons. The van der Waals surface area contributed by atoms with Crippen molar-refractivity contribution in [2.45, 2.75) is 45.9 Å². The molecule has 2 aliphatic rings. The number of carbonyl (C=O) groups excluding carboxylic acids is 4. The van der Waals surface area contributed by atoms with Gasteiger partial charge in [0.2, 0.25) is 5.91 Å². The number of benzene rings is 2. The van der Waals surface area contributed by atoms with Gasteiger partial charge in [-0.1, -0.05) is 23.8 Å². The van der Waals surface area contributed by atoms with Gasteiger partial charge in [0, 0.05) is 38.2 Å². The number of morpholine rings is 1. The Kier molecular flexibility index (Phi) is 6.79. The van der Waals surface area contributed by atoms with Gasteiger partial charge in [-0.2, -0.15) is 0 Å². The van der Waals surface area contributed by atoms with Gasteiger partial charge in [0.25, 0.3) is 17.7 Å². The van der Waals surface area contributed by atoms with E-state index in [1.165, 1.54) is 0 Å². The number of amides is 4. The Hall–Kier alpha value is -3.52. The van der Waals surface area contributed by atoms with Crippen molar-refractivity contribution in [2.75, 3.05) is 19.6 Å². The summed E-state index contributed by atoms with van der Waals surface area (Å²) in [5.41, 5.74) is 3.12. The number of hydrogen-bond acceptors (Lipinski definition) is 5. The number of imide groups is 1. The highest BCUT2D eigenvalue weighted by Gasteiger charge is 2.35. The van der Waals surface area contributed by atoms with Crippen molar-refractivity contribution in [1.29, 1.82) is 0 Å². The van der Waals surface area contributed by atoms with Crippen LogP contribution in [0.3, 0.4) is 0 Å².